The molecule has 1 rings (SSSR count). The van der Waals surface area contributed by atoms with Crippen LogP contribution < -0.4 is 10.6 Å². The van der Waals surface area contributed by atoms with E-state index in [-0.39, 0.29) is 11.9 Å². The maximum absolute atomic E-state index is 5.67. The molecule has 0 aliphatic heterocycles. The summed E-state index contributed by atoms with van der Waals surface area (Å²) in [6.07, 6.45) is 5.11. The second-order valence-corrected chi connectivity index (χ2v) is 3.98. The van der Waals surface area contributed by atoms with Crippen LogP contribution in [-0.4, -0.2) is 53.4 Å². The maximum atomic E-state index is 5.67. The normalized spacial score (nSPS) is 10.4. The van der Waals surface area contributed by atoms with Crippen LogP contribution in [0, 0.1) is 0 Å². The third-order valence-corrected chi connectivity index (χ3v) is 2.02. The van der Waals surface area contributed by atoms with Crippen LogP contribution in [0.4, 0.5) is 17.8 Å². The van der Waals surface area contributed by atoms with Crippen molar-refractivity contribution in [3.63, 3.8) is 0 Å². The van der Waals surface area contributed by atoms with E-state index in [4.69, 9.17) is 5.73 Å². The number of nitrogens with two attached hydrogens (primary N) is 1. The molecule has 0 saturated heterocycles. The Morgan fingerprint density at radius 3 is 2.32 bits per heavy atom. The standard InChI is InChI=1S/C12H19N7/c1-5-7-19(8-6-2)12-16-10(13)15-11(17-12)14-9-18(3)4/h5-6,9H,1-2,7-8H2,3-4H3,(H2,13,15,16,17). The lowest BCUT2D eigenvalue weighted by molar-refractivity contribution is 0.642. The average Bonchev–Trinajstić information content (AvgIpc) is 2.35. The molecule has 0 aliphatic carbocycles. The zero-order chi connectivity index (χ0) is 14.3. The molecule has 0 amide bonds. The van der Waals surface area contributed by atoms with Gasteiger partial charge in [0, 0.05) is 27.2 Å². The Morgan fingerprint density at radius 2 is 1.79 bits per heavy atom. The van der Waals surface area contributed by atoms with Crippen LogP contribution in [0.3, 0.4) is 0 Å². The van der Waals surface area contributed by atoms with E-state index >= 15 is 0 Å². The van der Waals surface area contributed by atoms with E-state index in [9.17, 15) is 0 Å². The van der Waals surface area contributed by atoms with Crippen LogP contribution in [-0.2, 0) is 0 Å². The lowest BCUT2D eigenvalue weighted by Crippen LogP contribution is -2.25. The van der Waals surface area contributed by atoms with Crippen molar-refractivity contribution in [1.29, 1.82) is 0 Å². The molecule has 0 bridgehead atoms. The third kappa shape index (κ3) is 4.74. The molecule has 0 spiro atoms. The van der Waals surface area contributed by atoms with Crippen LogP contribution >= 0.6 is 0 Å². The summed E-state index contributed by atoms with van der Waals surface area (Å²) < 4.78 is 0. The molecular formula is C12H19N7. The predicted molar refractivity (Wildman–Crippen MR) is 78.7 cm³/mol. The van der Waals surface area contributed by atoms with E-state index in [2.05, 4.69) is 33.1 Å². The number of nitrogen functional groups attached to an aromatic ring is 1. The number of hydrogen-bond acceptors (Lipinski definition) is 6. The van der Waals surface area contributed by atoms with Crippen LogP contribution in [0.1, 0.15) is 0 Å². The number of hydrogen-bond donors (Lipinski definition) is 1. The van der Waals surface area contributed by atoms with Crippen LogP contribution in [0.25, 0.3) is 0 Å². The summed E-state index contributed by atoms with van der Waals surface area (Å²) in [5, 5.41) is 0. The Balaban J connectivity index is 3.05. The van der Waals surface area contributed by atoms with Gasteiger partial charge >= 0.3 is 0 Å². The Kier molecular flexibility index (Phi) is 5.46. The minimum atomic E-state index is 0.133. The molecule has 0 atom stereocenters. The van der Waals surface area contributed by atoms with Gasteiger partial charge in [-0.1, -0.05) is 12.2 Å². The molecular weight excluding hydrogens is 242 g/mol. The Labute approximate surface area is 113 Å². The minimum Gasteiger partial charge on any atom is -0.369 e. The highest BCUT2D eigenvalue weighted by Gasteiger charge is 2.09. The number of rotatable bonds is 7. The number of aromatic nitrogens is 3. The Morgan fingerprint density at radius 1 is 1.16 bits per heavy atom. The maximum Gasteiger partial charge on any atom is 0.257 e. The van der Waals surface area contributed by atoms with E-state index in [0.717, 1.165) is 0 Å². The van der Waals surface area contributed by atoms with Crippen LogP contribution in [0.2, 0.25) is 0 Å². The van der Waals surface area contributed by atoms with E-state index in [1.807, 2.05) is 19.0 Å². The highest BCUT2D eigenvalue weighted by Crippen LogP contribution is 2.13. The third-order valence-electron chi connectivity index (χ3n) is 2.02. The molecule has 7 nitrogen and oxygen atoms in total. The summed E-state index contributed by atoms with van der Waals surface area (Å²) in [7, 11) is 3.72. The fourth-order valence-electron chi connectivity index (χ4n) is 1.29. The molecule has 0 unspecified atom stereocenters. The smallest absolute Gasteiger partial charge is 0.257 e. The number of anilines is 2. The van der Waals surface area contributed by atoms with Gasteiger partial charge in [0.25, 0.3) is 5.95 Å². The zero-order valence-corrected chi connectivity index (χ0v) is 11.3. The van der Waals surface area contributed by atoms with E-state index in [0.29, 0.717) is 19.0 Å². The van der Waals surface area contributed by atoms with Crippen molar-refractivity contribution in [3.8, 4) is 0 Å². The number of aliphatic imine (C=N–C) groups is 1. The molecule has 1 aromatic rings. The van der Waals surface area contributed by atoms with Crippen LogP contribution in [0.5, 0.6) is 0 Å². The van der Waals surface area contributed by atoms with Crippen molar-refractivity contribution in [3.05, 3.63) is 25.3 Å². The van der Waals surface area contributed by atoms with Gasteiger partial charge in [0.15, 0.2) is 0 Å². The SMILES string of the molecule is C=CCN(CC=C)c1nc(N)nc(N=CN(C)C)n1. The summed E-state index contributed by atoms with van der Waals surface area (Å²) in [4.78, 5) is 20.1. The van der Waals surface area contributed by atoms with Crippen molar-refractivity contribution >= 4 is 24.2 Å². The Hall–Kier alpha value is -2.44. The molecule has 0 fully saturated rings. The average molecular weight is 261 g/mol. The fourth-order valence-corrected chi connectivity index (χ4v) is 1.29. The molecule has 0 aromatic carbocycles. The largest absolute Gasteiger partial charge is 0.369 e. The van der Waals surface area contributed by atoms with Gasteiger partial charge in [-0.25, -0.2) is 4.99 Å². The van der Waals surface area contributed by atoms with E-state index in [1.165, 1.54) is 0 Å². The molecule has 19 heavy (non-hydrogen) atoms. The van der Waals surface area contributed by atoms with Gasteiger partial charge in [0.1, 0.15) is 0 Å². The summed E-state index contributed by atoms with van der Waals surface area (Å²) in [5.41, 5.74) is 5.67. The second kappa shape index (κ2) is 7.10. The molecule has 1 heterocycles. The quantitative estimate of drug-likeness (QED) is 0.445. The zero-order valence-electron chi connectivity index (χ0n) is 11.3. The first-order valence-corrected chi connectivity index (χ1v) is 5.75. The van der Waals surface area contributed by atoms with Gasteiger partial charge < -0.3 is 15.5 Å². The first-order chi connectivity index (χ1) is 9.06. The lowest BCUT2D eigenvalue weighted by Gasteiger charge is -2.18. The second-order valence-electron chi connectivity index (χ2n) is 3.98. The van der Waals surface area contributed by atoms with Crippen molar-refractivity contribution in [2.45, 2.75) is 0 Å². The molecule has 2 N–H and O–H groups in total. The molecule has 0 aliphatic rings. The van der Waals surface area contributed by atoms with Gasteiger partial charge in [0.2, 0.25) is 11.9 Å². The molecule has 0 saturated carbocycles. The lowest BCUT2D eigenvalue weighted by atomic mass is 10.4. The summed E-state index contributed by atoms with van der Waals surface area (Å²) in [5.74, 6) is 0.863. The fraction of sp³-hybridized carbons (Fsp3) is 0.333. The molecule has 1 aromatic heterocycles. The highest BCUT2D eigenvalue weighted by atomic mass is 15.3. The van der Waals surface area contributed by atoms with Crippen molar-refractivity contribution in [2.24, 2.45) is 4.99 Å². The summed E-state index contributed by atoms with van der Waals surface area (Å²) >= 11 is 0. The monoisotopic (exact) mass is 261 g/mol. The van der Waals surface area contributed by atoms with E-state index in [1.54, 1.807) is 23.4 Å². The molecule has 0 radical (unpaired) electrons. The van der Waals surface area contributed by atoms with Gasteiger partial charge in [0.05, 0.1) is 6.34 Å². The van der Waals surface area contributed by atoms with Crippen molar-refractivity contribution in [1.82, 2.24) is 19.9 Å². The number of nitrogens with zero attached hydrogens (tertiary/aromatic N) is 6. The van der Waals surface area contributed by atoms with Crippen LogP contribution in [0.15, 0.2) is 30.3 Å². The van der Waals surface area contributed by atoms with Crippen molar-refractivity contribution < 1.29 is 0 Å². The molecule has 102 valence electrons. The first-order valence-electron chi connectivity index (χ1n) is 5.75. The molecule has 7 heteroatoms. The predicted octanol–water partition coefficient (Wildman–Crippen LogP) is 0.854. The highest BCUT2D eigenvalue weighted by molar-refractivity contribution is 5.58. The van der Waals surface area contributed by atoms with Gasteiger partial charge in [-0.2, -0.15) is 15.0 Å². The van der Waals surface area contributed by atoms with Gasteiger partial charge in [-0.05, 0) is 0 Å². The van der Waals surface area contributed by atoms with E-state index < -0.39 is 0 Å². The first kappa shape index (κ1) is 14.6. The topological polar surface area (TPSA) is 83.5 Å². The minimum absolute atomic E-state index is 0.133. The van der Waals surface area contributed by atoms with Gasteiger partial charge in [-0.3, -0.25) is 0 Å². The Bertz CT molecular complexity index is 457. The van der Waals surface area contributed by atoms with Gasteiger partial charge in [-0.15, -0.1) is 13.2 Å². The van der Waals surface area contributed by atoms with Crippen molar-refractivity contribution in [2.75, 3.05) is 37.8 Å². The summed E-state index contributed by atoms with van der Waals surface area (Å²) in [6, 6.07) is 0. The summed E-state index contributed by atoms with van der Waals surface area (Å²) in [6.45, 7) is 8.58.